The van der Waals surface area contributed by atoms with Crippen molar-refractivity contribution in [2.24, 2.45) is 5.92 Å². The molecule has 1 aliphatic heterocycles. The quantitative estimate of drug-likeness (QED) is 0.917. The second-order valence-corrected chi connectivity index (χ2v) is 7.49. The Hall–Kier alpha value is -1.40. The Morgan fingerprint density at radius 3 is 2.62 bits per heavy atom. The van der Waals surface area contributed by atoms with Crippen LogP contribution < -0.4 is 4.72 Å². The first-order valence-corrected chi connectivity index (χ1v) is 8.71. The molecule has 1 aromatic rings. The average Bonchev–Trinajstić information content (AvgIpc) is 2.45. The minimum absolute atomic E-state index is 0.155. The number of nitrogens with one attached hydrogen (secondary N) is 1. The van der Waals surface area contributed by atoms with E-state index in [9.17, 15) is 13.2 Å². The van der Waals surface area contributed by atoms with Gasteiger partial charge in [-0.05, 0) is 37.8 Å². The lowest BCUT2D eigenvalue weighted by Gasteiger charge is -2.31. The van der Waals surface area contributed by atoms with Crippen LogP contribution >= 0.6 is 0 Å². The molecule has 0 radical (unpaired) electrons. The van der Waals surface area contributed by atoms with E-state index in [0.717, 1.165) is 24.9 Å². The molecule has 5 nitrogen and oxygen atoms in total. The van der Waals surface area contributed by atoms with Crippen LogP contribution in [0.25, 0.3) is 0 Å². The molecule has 1 amide bonds. The molecule has 1 saturated heterocycles. The number of hydrogen-bond acceptors (Lipinski definition) is 3. The highest BCUT2D eigenvalue weighted by Crippen LogP contribution is 2.15. The lowest BCUT2D eigenvalue weighted by atomic mass is 10.0. The summed E-state index contributed by atoms with van der Waals surface area (Å²) in [5.41, 5.74) is 0.993. The SMILES string of the molecule is Cc1ccc(S(=O)(=O)NCC(=O)N2CCCC(C)C2)cc1. The zero-order chi connectivity index (χ0) is 15.5. The summed E-state index contributed by atoms with van der Waals surface area (Å²) in [4.78, 5) is 14.0. The van der Waals surface area contributed by atoms with Crippen molar-refractivity contribution in [3.63, 3.8) is 0 Å². The Morgan fingerprint density at radius 2 is 2.00 bits per heavy atom. The average molecular weight is 310 g/mol. The smallest absolute Gasteiger partial charge is 0.241 e. The third kappa shape index (κ3) is 4.28. The molecule has 1 aromatic carbocycles. The van der Waals surface area contributed by atoms with Crippen LogP contribution in [0.3, 0.4) is 0 Å². The van der Waals surface area contributed by atoms with Crippen LogP contribution in [0.5, 0.6) is 0 Å². The van der Waals surface area contributed by atoms with Crippen molar-refractivity contribution in [2.45, 2.75) is 31.6 Å². The van der Waals surface area contributed by atoms with Crippen molar-refractivity contribution in [3.05, 3.63) is 29.8 Å². The number of aryl methyl sites for hydroxylation is 1. The van der Waals surface area contributed by atoms with Crippen LogP contribution in [0.15, 0.2) is 29.2 Å². The zero-order valence-electron chi connectivity index (χ0n) is 12.5. The van der Waals surface area contributed by atoms with E-state index in [1.54, 1.807) is 29.2 Å². The number of nitrogens with zero attached hydrogens (tertiary/aromatic N) is 1. The van der Waals surface area contributed by atoms with Crippen molar-refractivity contribution in [2.75, 3.05) is 19.6 Å². The van der Waals surface area contributed by atoms with Crippen LogP contribution in [0.1, 0.15) is 25.3 Å². The van der Waals surface area contributed by atoms with Crippen LogP contribution in [0, 0.1) is 12.8 Å². The van der Waals surface area contributed by atoms with Crippen LogP contribution in [0.4, 0.5) is 0 Å². The van der Waals surface area contributed by atoms with Gasteiger partial charge < -0.3 is 4.90 Å². The molecule has 0 bridgehead atoms. The van der Waals surface area contributed by atoms with Crippen molar-refractivity contribution >= 4 is 15.9 Å². The predicted octanol–water partition coefficient (Wildman–Crippen LogP) is 1.53. The van der Waals surface area contributed by atoms with E-state index in [-0.39, 0.29) is 17.3 Å². The van der Waals surface area contributed by atoms with E-state index in [0.29, 0.717) is 12.5 Å². The summed E-state index contributed by atoms with van der Waals surface area (Å²) in [5, 5.41) is 0. The van der Waals surface area contributed by atoms with Gasteiger partial charge in [0.2, 0.25) is 15.9 Å². The van der Waals surface area contributed by atoms with Crippen LogP contribution in [0.2, 0.25) is 0 Å². The fourth-order valence-electron chi connectivity index (χ4n) is 2.49. The van der Waals surface area contributed by atoms with Crippen molar-refractivity contribution < 1.29 is 13.2 Å². The Balaban J connectivity index is 1.95. The van der Waals surface area contributed by atoms with Gasteiger partial charge in [0.1, 0.15) is 0 Å². The lowest BCUT2D eigenvalue weighted by Crippen LogP contribution is -2.44. The number of likely N-dealkylation sites (tertiary alicyclic amines) is 1. The minimum atomic E-state index is -3.62. The first kappa shape index (κ1) is 16.0. The highest BCUT2D eigenvalue weighted by atomic mass is 32.2. The topological polar surface area (TPSA) is 66.5 Å². The number of sulfonamides is 1. The van der Waals surface area contributed by atoms with Gasteiger partial charge in [-0.25, -0.2) is 13.1 Å². The summed E-state index contributed by atoms with van der Waals surface area (Å²) in [7, 11) is -3.62. The van der Waals surface area contributed by atoms with Gasteiger partial charge in [-0.1, -0.05) is 24.6 Å². The Bertz CT molecular complexity index is 596. The van der Waals surface area contributed by atoms with E-state index >= 15 is 0 Å². The third-order valence-electron chi connectivity index (χ3n) is 3.75. The van der Waals surface area contributed by atoms with E-state index in [2.05, 4.69) is 11.6 Å². The molecule has 1 heterocycles. The van der Waals surface area contributed by atoms with E-state index < -0.39 is 10.0 Å². The van der Waals surface area contributed by atoms with E-state index in [1.165, 1.54) is 0 Å². The van der Waals surface area contributed by atoms with Gasteiger partial charge in [-0.3, -0.25) is 4.79 Å². The monoisotopic (exact) mass is 310 g/mol. The molecule has 1 fully saturated rings. The predicted molar refractivity (Wildman–Crippen MR) is 81.3 cm³/mol. The summed E-state index contributed by atoms with van der Waals surface area (Å²) < 4.78 is 26.6. The highest BCUT2D eigenvalue weighted by molar-refractivity contribution is 7.89. The Kier molecular flexibility index (Phi) is 5.00. The first-order valence-electron chi connectivity index (χ1n) is 7.22. The summed E-state index contributed by atoms with van der Waals surface area (Å²) in [6, 6.07) is 6.57. The Labute approximate surface area is 126 Å². The van der Waals surface area contributed by atoms with E-state index in [1.807, 2.05) is 6.92 Å². The van der Waals surface area contributed by atoms with Crippen molar-refractivity contribution in [1.29, 1.82) is 0 Å². The standard InChI is InChI=1S/C15H22N2O3S/c1-12-5-7-14(8-6-12)21(19,20)16-10-15(18)17-9-3-4-13(2)11-17/h5-8,13,16H,3-4,9-11H2,1-2H3. The van der Waals surface area contributed by atoms with Crippen LogP contribution in [-0.2, 0) is 14.8 Å². The van der Waals surface area contributed by atoms with Gasteiger partial charge in [-0.2, -0.15) is 0 Å². The normalized spacial score (nSPS) is 19.5. The maximum absolute atomic E-state index is 12.1. The van der Waals surface area contributed by atoms with Gasteiger partial charge in [0.25, 0.3) is 0 Å². The molecule has 1 unspecified atom stereocenters. The molecule has 21 heavy (non-hydrogen) atoms. The molecule has 1 N–H and O–H groups in total. The molecule has 2 rings (SSSR count). The molecule has 0 saturated carbocycles. The summed E-state index contributed by atoms with van der Waals surface area (Å²) in [5.74, 6) is 0.327. The van der Waals surface area contributed by atoms with Crippen LogP contribution in [-0.4, -0.2) is 38.9 Å². The maximum atomic E-state index is 12.1. The molecular weight excluding hydrogens is 288 g/mol. The Morgan fingerprint density at radius 1 is 1.33 bits per heavy atom. The van der Waals surface area contributed by atoms with Gasteiger partial charge in [0.05, 0.1) is 11.4 Å². The number of carbonyl (C=O) groups is 1. The number of carbonyl (C=O) groups excluding carboxylic acids is 1. The molecule has 0 aliphatic carbocycles. The summed E-state index contributed by atoms with van der Waals surface area (Å²) in [6.07, 6.45) is 2.11. The maximum Gasteiger partial charge on any atom is 0.241 e. The minimum Gasteiger partial charge on any atom is -0.341 e. The summed E-state index contributed by atoms with van der Waals surface area (Å²) >= 11 is 0. The fraction of sp³-hybridized carbons (Fsp3) is 0.533. The second-order valence-electron chi connectivity index (χ2n) is 5.72. The molecule has 6 heteroatoms. The third-order valence-corrected chi connectivity index (χ3v) is 5.17. The van der Waals surface area contributed by atoms with Crippen molar-refractivity contribution in [1.82, 2.24) is 9.62 Å². The molecule has 0 aromatic heterocycles. The number of amides is 1. The van der Waals surface area contributed by atoms with Crippen molar-refractivity contribution in [3.8, 4) is 0 Å². The zero-order valence-corrected chi connectivity index (χ0v) is 13.3. The van der Waals surface area contributed by atoms with Gasteiger partial charge >= 0.3 is 0 Å². The van der Waals surface area contributed by atoms with E-state index in [4.69, 9.17) is 0 Å². The molecule has 1 aliphatic rings. The molecule has 116 valence electrons. The summed E-state index contributed by atoms with van der Waals surface area (Å²) in [6.45, 7) is 5.25. The highest BCUT2D eigenvalue weighted by Gasteiger charge is 2.22. The first-order chi connectivity index (χ1) is 9.88. The second kappa shape index (κ2) is 6.58. The molecular formula is C15H22N2O3S. The van der Waals surface area contributed by atoms with Gasteiger partial charge in [0.15, 0.2) is 0 Å². The lowest BCUT2D eigenvalue weighted by molar-refractivity contribution is -0.131. The molecule has 0 spiro atoms. The number of hydrogen-bond donors (Lipinski definition) is 1. The number of benzene rings is 1. The largest absolute Gasteiger partial charge is 0.341 e. The molecule has 1 atom stereocenters. The number of rotatable bonds is 4. The fourth-order valence-corrected chi connectivity index (χ4v) is 3.46. The number of piperidine rings is 1. The van der Waals surface area contributed by atoms with Gasteiger partial charge in [-0.15, -0.1) is 0 Å². The van der Waals surface area contributed by atoms with Gasteiger partial charge in [0, 0.05) is 13.1 Å².